The fourth-order valence-corrected chi connectivity index (χ4v) is 4.63. The minimum Gasteiger partial charge on any atom is -0.335 e. The maximum Gasteiger partial charge on any atom is 0.315 e. The van der Waals surface area contributed by atoms with Gasteiger partial charge >= 0.3 is 6.03 Å². The highest BCUT2D eigenvalue weighted by Crippen LogP contribution is 2.37. The third-order valence-electron chi connectivity index (χ3n) is 6.22. The van der Waals surface area contributed by atoms with Crippen molar-refractivity contribution in [2.75, 3.05) is 13.1 Å². The summed E-state index contributed by atoms with van der Waals surface area (Å²) in [6, 6.07) is 11.7. The SMILES string of the molecule is O=C(N[C@@H]1CCN2CCC[C@@H]2C1)N[C@H](c1ccccc1)C1CCC1. The average Bonchev–Trinajstić information content (AvgIpc) is 3.01. The molecule has 1 aliphatic carbocycles. The number of hydrogen-bond donors (Lipinski definition) is 2. The number of fused-ring (bicyclic) bond motifs is 1. The minimum atomic E-state index is 0.0206. The molecule has 3 atom stereocenters. The van der Waals surface area contributed by atoms with E-state index in [1.54, 1.807) is 0 Å². The van der Waals surface area contributed by atoms with E-state index < -0.39 is 0 Å². The molecule has 0 bridgehead atoms. The topological polar surface area (TPSA) is 44.4 Å². The first-order chi connectivity index (χ1) is 11.8. The molecule has 3 aliphatic rings. The lowest BCUT2D eigenvalue weighted by Gasteiger charge is -2.37. The predicted octanol–water partition coefficient (Wildman–Crippen LogP) is 3.45. The van der Waals surface area contributed by atoms with Crippen LogP contribution in [-0.4, -0.2) is 36.1 Å². The van der Waals surface area contributed by atoms with Crippen molar-refractivity contribution in [3.8, 4) is 0 Å². The van der Waals surface area contributed by atoms with Gasteiger partial charge in [0.05, 0.1) is 6.04 Å². The van der Waals surface area contributed by atoms with E-state index in [1.807, 2.05) is 6.07 Å². The molecule has 2 saturated heterocycles. The molecule has 2 heterocycles. The number of nitrogens with zero attached hydrogens (tertiary/aromatic N) is 1. The van der Waals surface area contributed by atoms with Gasteiger partial charge in [-0.15, -0.1) is 0 Å². The molecule has 1 saturated carbocycles. The molecule has 2 aliphatic heterocycles. The molecule has 4 nitrogen and oxygen atoms in total. The van der Waals surface area contributed by atoms with Crippen LogP contribution in [-0.2, 0) is 0 Å². The van der Waals surface area contributed by atoms with Crippen LogP contribution in [0.4, 0.5) is 4.79 Å². The number of nitrogens with one attached hydrogen (secondary N) is 2. The Morgan fingerprint density at radius 3 is 2.62 bits per heavy atom. The fourth-order valence-electron chi connectivity index (χ4n) is 4.63. The zero-order valence-electron chi connectivity index (χ0n) is 14.4. The van der Waals surface area contributed by atoms with Gasteiger partial charge in [-0.1, -0.05) is 36.8 Å². The number of piperidine rings is 1. The maximum absolute atomic E-state index is 12.6. The third-order valence-corrected chi connectivity index (χ3v) is 6.22. The van der Waals surface area contributed by atoms with Gasteiger partial charge in [0.25, 0.3) is 0 Å². The van der Waals surface area contributed by atoms with Crippen molar-refractivity contribution in [1.82, 2.24) is 15.5 Å². The first-order valence-electron chi connectivity index (χ1n) is 9.65. The zero-order chi connectivity index (χ0) is 16.4. The molecule has 1 aromatic rings. The van der Waals surface area contributed by atoms with E-state index in [0.29, 0.717) is 18.0 Å². The van der Waals surface area contributed by atoms with Crippen molar-refractivity contribution in [3.63, 3.8) is 0 Å². The van der Waals surface area contributed by atoms with E-state index >= 15 is 0 Å². The molecule has 0 unspecified atom stereocenters. The summed E-state index contributed by atoms with van der Waals surface area (Å²) in [5, 5.41) is 6.54. The van der Waals surface area contributed by atoms with Crippen molar-refractivity contribution in [2.45, 2.75) is 63.1 Å². The maximum atomic E-state index is 12.6. The number of carbonyl (C=O) groups excluding carboxylic acids is 1. The summed E-state index contributed by atoms with van der Waals surface area (Å²) in [5.41, 5.74) is 1.24. The zero-order valence-corrected chi connectivity index (χ0v) is 14.4. The van der Waals surface area contributed by atoms with E-state index in [2.05, 4.69) is 39.8 Å². The van der Waals surface area contributed by atoms with Crippen LogP contribution in [0, 0.1) is 5.92 Å². The molecular formula is C20H29N3O. The van der Waals surface area contributed by atoms with Gasteiger partial charge in [0.15, 0.2) is 0 Å². The van der Waals surface area contributed by atoms with Crippen LogP contribution >= 0.6 is 0 Å². The quantitative estimate of drug-likeness (QED) is 0.889. The molecule has 1 aromatic carbocycles. The molecular weight excluding hydrogens is 298 g/mol. The van der Waals surface area contributed by atoms with Crippen molar-refractivity contribution >= 4 is 6.03 Å². The standard InChI is InChI=1S/C20H29N3O/c24-20(21-17-11-13-23-12-5-10-18(23)14-17)22-19(16-8-4-9-16)15-6-2-1-3-7-15/h1-3,6-7,16-19H,4-5,8-14H2,(H2,21,22,24)/t17-,18-,19-/m1/s1. The molecule has 4 heteroatoms. The molecule has 2 N–H and O–H groups in total. The normalized spacial score (nSPS) is 28.7. The number of rotatable bonds is 4. The van der Waals surface area contributed by atoms with Gasteiger partial charge in [0, 0.05) is 18.6 Å². The first-order valence-corrected chi connectivity index (χ1v) is 9.65. The number of urea groups is 1. The lowest BCUT2D eigenvalue weighted by Crippen LogP contribution is -2.51. The number of benzene rings is 1. The Balaban J connectivity index is 1.35. The smallest absolute Gasteiger partial charge is 0.315 e. The van der Waals surface area contributed by atoms with Gasteiger partial charge in [0.1, 0.15) is 0 Å². The van der Waals surface area contributed by atoms with E-state index in [4.69, 9.17) is 0 Å². The van der Waals surface area contributed by atoms with Crippen molar-refractivity contribution in [1.29, 1.82) is 0 Å². The largest absolute Gasteiger partial charge is 0.335 e. The lowest BCUT2D eigenvalue weighted by molar-refractivity contribution is 0.162. The Bertz CT molecular complexity index is 557. The van der Waals surface area contributed by atoms with Crippen LogP contribution in [0.3, 0.4) is 0 Å². The van der Waals surface area contributed by atoms with Gasteiger partial charge in [0.2, 0.25) is 0 Å². The van der Waals surface area contributed by atoms with E-state index in [-0.39, 0.29) is 12.1 Å². The number of amides is 2. The third kappa shape index (κ3) is 3.44. The van der Waals surface area contributed by atoms with E-state index in [1.165, 1.54) is 44.2 Å². The summed E-state index contributed by atoms with van der Waals surface area (Å²) in [5.74, 6) is 0.592. The molecule has 4 rings (SSSR count). The fraction of sp³-hybridized carbons (Fsp3) is 0.650. The van der Waals surface area contributed by atoms with Crippen LogP contribution in [0.5, 0.6) is 0 Å². The van der Waals surface area contributed by atoms with Gasteiger partial charge < -0.3 is 15.5 Å². The summed E-state index contributed by atoms with van der Waals surface area (Å²) >= 11 is 0. The first kappa shape index (κ1) is 15.9. The molecule has 0 radical (unpaired) electrons. The summed E-state index contributed by atoms with van der Waals surface area (Å²) in [6.07, 6.45) is 8.56. The van der Waals surface area contributed by atoms with Crippen LogP contribution in [0.1, 0.15) is 56.6 Å². The summed E-state index contributed by atoms with van der Waals surface area (Å²) < 4.78 is 0. The highest BCUT2D eigenvalue weighted by molar-refractivity contribution is 5.74. The second-order valence-electron chi connectivity index (χ2n) is 7.75. The van der Waals surface area contributed by atoms with Crippen LogP contribution in [0.2, 0.25) is 0 Å². The van der Waals surface area contributed by atoms with Gasteiger partial charge in [-0.3, -0.25) is 0 Å². The molecule has 0 spiro atoms. The lowest BCUT2D eigenvalue weighted by atomic mass is 9.77. The number of hydrogen-bond acceptors (Lipinski definition) is 2. The minimum absolute atomic E-state index is 0.0206. The predicted molar refractivity (Wildman–Crippen MR) is 95.8 cm³/mol. The van der Waals surface area contributed by atoms with Crippen molar-refractivity contribution in [2.24, 2.45) is 5.92 Å². The summed E-state index contributed by atoms with van der Waals surface area (Å²) in [4.78, 5) is 15.2. The summed E-state index contributed by atoms with van der Waals surface area (Å²) in [7, 11) is 0. The molecule has 2 amide bonds. The Morgan fingerprint density at radius 2 is 1.88 bits per heavy atom. The van der Waals surface area contributed by atoms with Gasteiger partial charge in [-0.2, -0.15) is 0 Å². The Kier molecular flexibility index (Phi) is 4.74. The molecule has 24 heavy (non-hydrogen) atoms. The Labute approximate surface area is 145 Å². The highest BCUT2D eigenvalue weighted by atomic mass is 16.2. The molecule has 130 valence electrons. The average molecular weight is 327 g/mol. The summed E-state index contributed by atoms with van der Waals surface area (Å²) in [6.45, 7) is 2.39. The van der Waals surface area contributed by atoms with Crippen molar-refractivity contribution < 1.29 is 4.79 Å². The van der Waals surface area contributed by atoms with Crippen LogP contribution in [0.25, 0.3) is 0 Å². The van der Waals surface area contributed by atoms with Gasteiger partial charge in [-0.05, 0) is 56.6 Å². The van der Waals surface area contributed by atoms with E-state index in [9.17, 15) is 4.79 Å². The molecule has 3 fully saturated rings. The highest BCUT2D eigenvalue weighted by Gasteiger charge is 2.33. The second-order valence-corrected chi connectivity index (χ2v) is 7.75. The Hall–Kier alpha value is -1.55. The molecule has 0 aromatic heterocycles. The Morgan fingerprint density at radius 1 is 1.04 bits per heavy atom. The second kappa shape index (κ2) is 7.14. The number of carbonyl (C=O) groups is 1. The van der Waals surface area contributed by atoms with Crippen LogP contribution in [0.15, 0.2) is 30.3 Å². The van der Waals surface area contributed by atoms with Crippen LogP contribution < -0.4 is 10.6 Å². The monoisotopic (exact) mass is 327 g/mol. The van der Waals surface area contributed by atoms with Gasteiger partial charge in [-0.25, -0.2) is 4.79 Å². The van der Waals surface area contributed by atoms with Crippen molar-refractivity contribution in [3.05, 3.63) is 35.9 Å². The van der Waals surface area contributed by atoms with E-state index in [0.717, 1.165) is 19.4 Å².